The number of ether oxygens (including phenoxy) is 1. The normalized spacial score (nSPS) is 15.6. The number of amides is 1. The minimum atomic E-state index is -0.453. The average Bonchev–Trinajstić information content (AvgIpc) is 2.30. The van der Waals surface area contributed by atoms with E-state index in [1.807, 2.05) is 20.8 Å². The fourth-order valence-electron chi connectivity index (χ4n) is 2.05. The van der Waals surface area contributed by atoms with E-state index in [1.165, 1.54) is 25.1 Å². The van der Waals surface area contributed by atoms with Crippen molar-refractivity contribution >= 4 is 6.09 Å². The summed E-state index contributed by atoms with van der Waals surface area (Å²) in [5, 5.41) is 2.77. The highest BCUT2D eigenvalue weighted by Crippen LogP contribution is 2.13. The zero-order valence-corrected chi connectivity index (χ0v) is 12.6. The van der Waals surface area contributed by atoms with Crippen LogP contribution < -0.4 is 5.32 Å². The maximum atomic E-state index is 11.6. The Kier molecular flexibility index (Phi) is 4.65. The van der Waals surface area contributed by atoms with E-state index >= 15 is 0 Å². The molecule has 0 saturated carbocycles. The number of carbonyl (C=O) groups is 1. The van der Waals surface area contributed by atoms with Gasteiger partial charge in [0, 0.05) is 13.1 Å². The standard InChI is InChI=1S/C16H24N2O2/c1-16(2,3)20-15(19)17-11-13-5-7-14(8-6-13)12-18-9-4-10-18/h5-8H,4,9-12H2,1-3H3,(H,17,19). The van der Waals surface area contributed by atoms with Crippen molar-refractivity contribution in [1.29, 1.82) is 0 Å². The molecular formula is C16H24N2O2. The van der Waals surface area contributed by atoms with Gasteiger partial charge in [0.05, 0.1) is 0 Å². The number of nitrogens with zero attached hydrogens (tertiary/aromatic N) is 1. The molecule has 0 atom stereocenters. The Hall–Kier alpha value is -1.55. The molecule has 0 aromatic heterocycles. The van der Waals surface area contributed by atoms with Gasteiger partial charge in [0.15, 0.2) is 0 Å². The second kappa shape index (κ2) is 6.27. The van der Waals surface area contributed by atoms with Crippen LogP contribution in [0.1, 0.15) is 38.3 Å². The first-order valence-corrected chi connectivity index (χ1v) is 7.19. The molecule has 4 heteroatoms. The second-order valence-electron chi connectivity index (χ2n) is 6.30. The number of benzene rings is 1. The lowest BCUT2D eigenvalue weighted by Gasteiger charge is -2.30. The van der Waals surface area contributed by atoms with E-state index < -0.39 is 5.60 Å². The summed E-state index contributed by atoms with van der Waals surface area (Å²) in [4.78, 5) is 14.0. The Morgan fingerprint density at radius 3 is 2.30 bits per heavy atom. The van der Waals surface area contributed by atoms with Gasteiger partial charge in [-0.15, -0.1) is 0 Å². The number of carbonyl (C=O) groups excluding carboxylic acids is 1. The monoisotopic (exact) mass is 276 g/mol. The molecule has 4 nitrogen and oxygen atoms in total. The first kappa shape index (κ1) is 14.9. The van der Waals surface area contributed by atoms with Crippen LogP contribution in [0.3, 0.4) is 0 Å². The number of likely N-dealkylation sites (tertiary alicyclic amines) is 1. The fourth-order valence-corrected chi connectivity index (χ4v) is 2.05. The van der Waals surface area contributed by atoms with Gasteiger partial charge in [0.1, 0.15) is 5.60 Å². The quantitative estimate of drug-likeness (QED) is 0.919. The summed E-state index contributed by atoms with van der Waals surface area (Å²) in [6, 6.07) is 8.38. The number of hydrogen-bond donors (Lipinski definition) is 1. The second-order valence-corrected chi connectivity index (χ2v) is 6.30. The van der Waals surface area contributed by atoms with Gasteiger partial charge < -0.3 is 10.1 Å². The minimum absolute atomic E-state index is 0.373. The van der Waals surface area contributed by atoms with Crippen LogP contribution >= 0.6 is 0 Å². The Bertz CT molecular complexity index is 445. The third-order valence-corrected chi connectivity index (χ3v) is 3.21. The van der Waals surface area contributed by atoms with E-state index in [-0.39, 0.29) is 6.09 Å². The van der Waals surface area contributed by atoms with Gasteiger partial charge in [-0.05, 0) is 51.4 Å². The van der Waals surface area contributed by atoms with Gasteiger partial charge in [-0.2, -0.15) is 0 Å². The van der Waals surface area contributed by atoms with E-state index in [9.17, 15) is 4.79 Å². The smallest absolute Gasteiger partial charge is 0.407 e. The van der Waals surface area contributed by atoms with E-state index in [1.54, 1.807) is 0 Å². The Balaban J connectivity index is 1.77. The predicted molar refractivity (Wildman–Crippen MR) is 79.4 cm³/mol. The van der Waals surface area contributed by atoms with Crippen molar-refractivity contribution in [3.8, 4) is 0 Å². The molecule has 0 radical (unpaired) electrons. The number of rotatable bonds is 4. The fraction of sp³-hybridized carbons (Fsp3) is 0.562. The lowest BCUT2D eigenvalue weighted by Crippen LogP contribution is -2.36. The molecule has 2 rings (SSSR count). The molecule has 1 N–H and O–H groups in total. The lowest BCUT2D eigenvalue weighted by molar-refractivity contribution is 0.0523. The predicted octanol–water partition coefficient (Wildman–Crippen LogP) is 2.92. The van der Waals surface area contributed by atoms with E-state index in [0.717, 1.165) is 12.1 Å². The van der Waals surface area contributed by atoms with Crippen LogP contribution in [0.4, 0.5) is 4.79 Å². The summed E-state index contributed by atoms with van der Waals surface area (Å²) in [5.41, 5.74) is 1.96. The van der Waals surface area contributed by atoms with Gasteiger partial charge in [-0.3, -0.25) is 4.90 Å². The van der Waals surface area contributed by atoms with E-state index in [4.69, 9.17) is 4.74 Å². The Morgan fingerprint density at radius 1 is 1.20 bits per heavy atom. The summed E-state index contributed by atoms with van der Waals surface area (Å²) in [7, 11) is 0. The first-order chi connectivity index (χ1) is 9.42. The van der Waals surface area contributed by atoms with Crippen LogP contribution in [0.2, 0.25) is 0 Å². The van der Waals surface area contributed by atoms with Crippen molar-refractivity contribution in [3.05, 3.63) is 35.4 Å². The SMILES string of the molecule is CC(C)(C)OC(=O)NCc1ccc(CN2CCC2)cc1. The van der Waals surface area contributed by atoms with Gasteiger partial charge in [0.2, 0.25) is 0 Å². The topological polar surface area (TPSA) is 41.6 Å². The highest BCUT2D eigenvalue weighted by molar-refractivity contribution is 5.67. The lowest BCUT2D eigenvalue weighted by atomic mass is 10.1. The summed E-state index contributed by atoms with van der Waals surface area (Å²) >= 11 is 0. The molecule has 1 saturated heterocycles. The molecule has 1 aromatic carbocycles. The van der Waals surface area contributed by atoms with Crippen molar-refractivity contribution in [2.45, 2.75) is 45.9 Å². The number of hydrogen-bond acceptors (Lipinski definition) is 3. The molecular weight excluding hydrogens is 252 g/mol. The molecule has 20 heavy (non-hydrogen) atoms. The average molecular weight is 276 g/mol. The zero-order chi connectivity index (χ0) is 14.6. The summed E-state index contributed by atoms with van der Waals surface area (Å²) in [6.07, 6.45) is 0.944. The van der Waals surface area contributed by atoms with Crippen LogP contribution in [-0.2, 0) is 17.8 Å². The third-order valence-electron chi connectivity index (χ3n) is 3.21. The molecule has 1 amide bonds. The van der Waals surface area contributed by atoms with Crippen molar-refractivity contribution in [2.24, 2.45) is 0 Å². The molecule has 1 aliphatic heterocycles. The zero-order valence-electron chi connectivity index (χ0n) is 12.6. The highest BCUT2D eigenvalue weighted by Gasteiger charge is 2.16. The first-order valence-electron chi connectivity index (χ1n) is 7.19. The molecule has 0 unspecified atom stereocenters. The highest BCUT2D eigenvalue weighted by atomic mass is 16.6. The van der Waals surface area contributed by atoms with Gasteiger partial charge >= 0.3 is 6.09 Å². The Labute approximate surface area is 121 Å². The molecule has 1 aromatic rings. The van der Waals surface area contributed by atoms with Crippen LogP contribution in [-0.4, -0.2) is 29.7 Å². The van der Waals surface area contributed by atoms with Crippen molar-refractivity contribution < 1.29 is 9.53 Å². The van der Waals surface area contributed by atoms with Crippen LogP contribution in [0.15, 0.2) is 24.3 Å². The molecule has 1 heterocycles. The molecule has 110 valence electrons. The minimum Gasteiger partial charge on any atom is -0.444 e. The van der Waals surface area contributed by atoms with E-state index in [0.29, 0.717) is 6.54 Å². The van der Waals surface area contributed by atoms with Gasteiger partial charge in [-0.1, -0.05) is 24.3 Å². The summed E-state index contributed by atoms with van der Waals surface area (Å²) in [5.74, 6) is 0. The summed E-state index contributed by atoms with van der Waals surface area (Å²) < 4.78 is 5.20. The largest absolute Gasteiger partial charge is 0.444 e. The van der Waals surface area contributed by atoms with Crippen LogP contribution in [0, 0.1) is 0 Å². The number of alkyl carbamates (subject to hydrolysis) is 1. The van der Waals surface area contributed by atoms with Crippen molar-refractivity contribution in [3.63, 3.8) is 0 Å². The van der Waals surface area contributed by atoms with E-state index in [2.05, 4.69) is 34.5 Å². The van der Waals surface area contributed by atoms with Crippen molar-refractivity contribution in [2.75, 3.05) is 13.1 Å². The van der Waals surface area contributed by atoms with Gasteiger partial charge in [-0.25, -0.2) is 4.79 Å². The Morgan fingerprint density at radius 2 is 1.80 bits per heavy atom. The molecule has 1 aliphatic rings. The van der Waals surface area contributed by atoms with Crippen LogP contribution in [0.25, 0.3) is 0 Å². The molecule has 1 fully saturated rings. The van der Waals surface area contributed by atoms with Crippen molar-refractivity contribution in [1.82, 2.24) is 10.2 Å². The molecule has 0 spiro atoms. The van der Waals surface area contributed by atoms with Gasteiger partial charge in [0.25, 0.3) is 0 Å². The maximum Gasteiger partial charge on any atom is 0.407 e. The van der Waals surface area contributed by atoms with Crippen LogP contribution in [0.5, 0.6) is 0 Å². The molecule has 0 bridgehead atoms. The number of nitrogens with one attached hydrogen (secondary N) is 1. The maximum absolute atomic E-state index is 11.6. The molecule has 0 aliphatic carbocycles. The third kappa shape index (κ3) is 4.85. The summed E-state index contributed by atoms with van der Waals surface area (Å²) in [6.45, 7) is 9.52.